The van der Waals surface area contributed by atoms with Gasteiger partial charge < -0.3 is 29.4 Å². The highest BCUT2D eigenvalue weighted by Crippen LogP contribution is 2.52. The number of hydrogen-bond acceptors (Lipinski definition) is 7. The van der Waals surface area contributed by atoms with Gasteiger partial charge in [0.15, 0.2) is 0 Å². The Morgan fingerprint density at radius 1 is 1.20 bits per heavy atom. The van der Waals surface area contributed by atoms with E-state index in [0.717, 1.165) is 25.7 Å². The fourth-order valence-electron chi connectivity index (χ4n) is 3.72. The van der Waals surface area contributed by atoms with Crippen LogP contribution < -0.4 is 5.32 Å². The maximum Gasteiger partial charge on any atom is 0.407 e. The summed E-state index contributed by atoms with van der Waals surface area (Å²) in [5.74, 6) is 7.48. The number of rotatable bonds is 14. The molecule has 0 heterocycles. The predicted octanol–water partition coefficient (Wildman–Crippen LogP) is 1.83. The van der Waals surface area contributed by atoms with Crippen LogP contribution in [0.1, 0.15) is 51.9 Å². The first-order valence-electron chi connectivity index (χ1n) is 11.1. The van der Waals surface area contributed by atoms with Gasteiger partial charge in [0, 0.05) is 32.4 Å². The summed E-state index contributed by atoms with van der Waals surface area (Å²) in [5.41, 5.74) is 0. The van der Waals surface area contributed by atoms with E-state index in [-0.39, 0.29) is 31.8 Å². The first-order valence-corrected chi connectivity index (χ1v) is 10.7. The Balaban J connectivity index is 1.49. The zero-order valence-electron chi connectivity index (χ0n) is 18.7. The quantitative estimate of drug-likeness (QED) is 0.249. The van der Waals surface area contributed by atoms with Crippen LogP contribution in [0.2, 0.25) is 0 Å². The van der Waals surface area contributed by atoms with Gasteiger partial charge >= 0.3 is 12.1 Å². The summed E-state index contributed by atoms with van der Waals surface area (Å²) in [6.45, 7) is 2.56. The normalized spacial score (nSPS) is 23.4. The van der Waals surface area contributed by atoms with Gasteiger partial charge in [-0.15, -0.1) is 11.8 Å². The first kappa shape index (κ1) is 22.6. The van der Waals surface area contributed by atoms with Gasteiger partial charge in [-0.1, -0.05) is 0 Å². The summed E-state index contributed by atoms with van der Waals surface area (Å²) in [5, 5.41) is 6.99. The smallest absolute Gasteiger partial charge is 0.407 e. The zero-order chi connectivity index (χ0) is 22.5. The number of esters is 1. The second-order valence-electron chi connectivity index (χ2n) is 7.86. The zero-order valence-corrected chi connectivity index (χ0v) is 17.7. The summed E-state index contributed by atoms with van der Waals surface area (Å²) in [4.78, 5) is 34.4. The molecule has 168 valence electrons. The van der Waals surface area contributed by atoms with E-state index in [1.54, 1.807) is 0 Å². The van der Waals surface area contributed by atoms with Crippen LogP contribution in [0.3, 0.4) is 0 Å². The van der Waals surface area contributed by atoms with E-state index in [1.165, 1.54) is 6.92 Å². The second kappa shape index (κ2) is 13.2. The number of aliphatic hydroxyl groups excluding tert-OH is 1. The number of aliphatic hydroxyl groups is 1. The van der Waals surface area contributed by atoms with Gasteiger partial charge in [0.1, 0.15) is 11.9 Å². The number of ether oxygens (including phenoxy) is 3. The Kier molecular flexibility index (Phi) is 9.97. The second-order valence-corrected chi connectivity index (χ2v) is 7.86. The molecule has 0 aliphatic heterocycles. The molecule has 0 radical (unpaired) electrons. The number of amides is 1. The largest absolute Gasteiger partial charge is 0.457 e. The van der Waals surface area contributed by atoms with Crippen molar-refractivity contribution in [2.75, 3.05) is 33.0 Å². The van der Waals surface area contributed by atoms with Gasteiger partial charge in [0.05, 0.1) is 26.2 Å². The highest BCUT2D eigenvalue weighted by Gasteiger charge is 2.49. The molecule has 2 unspecified atom stereocenters. The number of carbonyl (C=O) groups excluding carboxylic acids is 3. The third-order valence-corrected chi connectivity index (χ3v) is 5.45. The lowest BCUT2D eigenvalue weighted by Gasteiger charge is -2.15. The summed E-state index contributed by atoms with van der Waals surface area (Å²) in [6.07, 6.45) is 3.62. The molecule has 0 saturated heterocycles. The Morgan fingerprint density at radius 3 is 2.60 bits per heavy atom. The van der Waals surface area contributed by atoms with Crippen LogP contribution in [0, 0.1) is 29.6 Å². The minimum Gasteiger partial charge on any atom is -0.457 e. The molecule has 1 saturated carbocycles. The van der Waals surface area contributed by atoms with Crippen molar-refractivity contribution in [1.82, 2.24) is 5.32 Å². The Hall–Kier alpha value is -2.11. The fourth-order valence-corrected chi connectivity index (χ4v) is 3.72. The summed E-state index contributed by atoms with van der Waals surface area (Å²) in [6, 6.07) is 0. The van der Waals surface area contributed by atoms with Gasteiger partial charge in [0.2, 0.25) is 1.43 Å². The van der Waals surface area contributed by atoms with Gasteiger partial charge in [-0.25, -0.2) is 4.79 Å². The van der Waals surface area contributed by atoms with Gasteiger partial charge in [-0.2, -0.15) is 0 Å². The molecule has 30 heavy (non-hydrogen) atoms. The fraction of sp³-hybridized carbons (Fsp3) is 0.773. The lowest BCUT2D eigenvalue weighted by molar-refractivity contribution is -0.155. The highest BCUT2D eigenvalue weighted by atomic mass is 16.6. The third-order valence-electron chi connectivity index (χ3n) is 5.45. The average Bonchev–Trinajstić information content (AvgIpc) is 3.36. The predicted molar refractivity (Wildman–Crippen MR) is 108 cm³/mol. The minimum atomic E-state index is -0.712. The van der Waals surface area contributed by atoms with Crippen LogP contribution in [0.4, 0.5) is 4.79 Å². The number of fused-ring (bicyclic) bond motifs is 1. The molecule has 0 aromatic rings. The first-order chi connectivity index (χ1) is 15.0. The summed E-state index contributed by atoms with van der Waals surface area (Å²) in [7, 11) is 0. The molecule has 4 atom stereocenters. The van der Waals surface area contributed by atoms with Crippen molar-refractivity contribution in [3.05, 3.63) is 0 Å². The number of hydrogen-bond donors (Lipinski definition) is 2. The van der Waals surface area contributed by atoms with Crippen LogP contribution >= 0.6 is 0 Å². The number of alkyl carbamates (subject to hydrolysis) is 1. The highest BCUT2D eigenvalue weighted by molar-refractivity contribution is 5.81. The standard InChI is InChI=1S/C22H33NO7/c1-16(25)9-10-21(26)30-17(13-24)14-28-12-6-11-23-22(27)29-15-20-18-7-4-2-3-5-8-19(18)20/h17-20,24H,4-15H2,1H3,(H,23,27)/t17?,18-,19+,20?/i24D. The van der Waals surface area contributed by atoms with Crippen LogP contribution in [-0.4, -0.2) is 63.5 Å². The van der Waals surface area contributed by atoms with Crippen molar-refractivity contribution in [3.63, 3.8) is 0 Å². The van der Waals surface area contributed by atoms with Crippen LogP contribution in [-0.2, 0) is 23.8 Å². The number of carbonyl (C=O) groups is 3. The maximum atomic E-state index is 11.9. The molecule has 2 aliphatic rings. The monoisotopic (exact) mass is 424 g/mol. The van der Waals surface area contributed by atoms with Gasteiger partial charge in [-0.3, -0.25) is 4.79 Å². The summed E-state index contributed by atoms with van der Waals surface area (Å²) < 4.78 is 22.8. The van der Waals surface area contributed by atoms with E-state index in [9.17, 15) is 14.4 Å². The molecule has 0 aromatic carbocycles. The van der Waals surface area contributed by atoms with Crippen molar-refractivity contribution in [3.8, 4) is 11.8 Å². The van der Waals surface area contributed by atoms with Gasteiger partial charge in [-0.05, 0) is 43.9 Å². The number of Topliss-reactive ketones (excluding diaryl/α,β-unsaturated/α-hetero) is 1. The molecule has 2 rings (SSSR count). The Labute approximate surface area is 179 Å². The molecular formula is C22H33NO7. The molecule has 1 fully saturated rings. The van der Waals surface area contributed by atoms with E-state index in [4.69, 9.17) is 15.6 Å². The molecule has 8 nitrogen and oxygen atoms in total. The van der Waals surface area contributed by atoms with Crippen molar-refractivity contribution in [2.45, 2.75) is 58.0 Å². The van der Waals surface area contributed by atoms with Crippen LogP contribution in [0.25, 0.3) is 0 Å². The molecule has 8 heteroatoms. The lowest BCUT2D eigenvalue weighted by atomic mass is 10.1. The number of ketones is 1. The van der Waals surface area contributed by atoms with E-state index < -0.39 is 18.2 Å². The lowest BCUT2D eigenvalue weighted by Crippen LogP contribution is -2.29. The topological polar surface area (TPSA) is 111 Å². The SMILES string of the molecule is [2H]OCC(COCCCNC(=O)OCC1[C@H]2CCC#CCC[C@@H]12)OC(=O)CCC(C)=O. The molecule has 0 aromatic heterocycles. The molecule has 2 aliphatic carbocycles. The average molecular weight is 425 g/mol. The maximum absolute atomic E-state index is 11.9. The van der Waals surface area contributed by atoms with Crippen molar-refractivity contribution in [1.29, 1.82) is 1.43 Å². The van der Waals surface area contributed by atoms with E-state index in [2.05, 4.69) is 22.3 Å². The Bertz CT molecular complexity index is 642. The molecule has 1 amide bonds. The molecular weight excluding hydrogens is 390 g/mol. The minimum absolute atomic E-state index is 0.00794. The molecule has 0 spiro atoms. The van der Waals surface area contributed by atoms with Crippen LogP contribution in [0.5, 0.6) is 0 Å². The number of nitrogens with one attached hydrogen (secondary N) is 1. The van der Waals surface area contributed by atoms with E-state index >= 15 is 0 Å². The third kappa shape index (κ3) is 9.14. The van der Waals surface area contributed by atoms with Crippen molar-refractivity contribution in [2.24, 2.45) is 17.8 Å². The molecule has 0 bridgehead atoms. The van der Waals surface area contributed by atoms with E-state index in [1.807, 2.05) is 0 Å². The summed E-state index contributed by atoms with van der Waals surface area (Å²) >= 11 is 0. The van der Waals surface area contributed by atoms with Crippen molar-refractivity contribution >= 4 is 17.8 Å². The Morgan fingerprint density at radius 2 is 1.93 bits per heavy atom. The molecule has 2 N–H and O–H groups in total. The van der Waals surface area contributed by atoms with Crippen molar-refractivity contribution < 1.29 is 33.7 Å². The van der Waals surface area contributed by atoms with Gasteiger partial charge in [0.25, 0.3) is 0 Å². The van der Waals surface area contributed by atoms with E-state index in [0.29, 0.717) is 43.9 Å². The van der Waals surface area contributed by atoms with Crippen LogP contribution in [0.15, 0.2) is 0 Å².